The van der Waals surface area contributed by atoms with Gasteiger partial charge < -0.3 is 24.2 Å². The number of hydrogen-bond donors (Lipinski definition) is 1. The molecule has 1 saturated heterocycles. The number of aromatic hydroxyl groups is 1. The lowest BCUT2D eigenvalue weighted by atomic mass is 10.1. The second kappa shape index (κ2) is 13.9. The number of hydrogen-bond acceptors (Lipinski definition) is 9. The number of benzene rings is 3. The van der Waals surface area contributed by atoms with E-state index in [0.29, 0.717) is 40.4 Å². The molecule has 3 heterocycles. The van der Waals surface area contributed by atoms with Crippen LogP contribution in [0.3, 0.4) is 0 Å². The maximum atomic E-state index is 15.3. The Morgan fingerprint density at radius 3 is 2.51 bits per heavy atom. The summed E-state index contributed by atoms with van der Waals surface area (Å²) in [6.07, 6.45) is 6.06. The normalized spacial score (nSPS) is 13.4. The minimum Gasteiger partial charge on any atom is -0.494 e. The predicted molar refractivity (Wildman–Crippen MR) is 177 cm³/mol. The van der Waals surface area contributed by atoms with Crippen molar-refractivity contribution in [2.75, 3.05) is 33.4 Å². The first-order valence-electron chi connectivity index (χ1n) is 15.3. The van der Waals surface area contributed by atoms with E-state index in [9.17, 15) is 14.7 Å². The van der Waals surface area contributed by atoms with Gasteiger partial charge in [-0.15, -0.1) is 0 Å². The Morgan fingerprint density at radius 1 is 0.979 bits per heavy atom. The molecule has 2 aromatic heterocycles. The van der Waals surface area contributed by atoms with Gasteiger partial charge in [-0.1, -0.05) is 18.2 Å². The third-order valence-corrected chi connectivity index (χ3v) is 8.02. The van der Waals surface area contributed by atoms with Gasteiger partial charge in [0.25, 0.3) is 5.56 Å². The minimum atomic E-state index is -0.767. The van der Waals surface area contributed by atoms with Gasteiger partial charge in [-0.05, 0) is 68.8 Å². The molecule has 0 aliphatic carbocycles. The number of pyridine rings is 1. The minimum absolute atomic E-state index is 0.0611. The highest BCUT2D eigenvalue weighted by atomic mass is 19.1. The van der Waals surface area contributed by atoms with Crippen LogP contribution in [-0.2, 0) is 7.05 Å². The first-order chi connectivity index (χ1) is 22.8. The molecular formula is C35H34FN5O6. The maximum Gasteiger partial charge on any atom is 0.338 e. The topological polar surface area (TPSA) is 120 Å². The van der Waals surface area contributed by atoms with Gasteiger partial charge in [-0.2, -0.15) is 0 Å². The Hall–Kier alpha value is -5.49. The van der Waals surface area contributed by atoms with Gasteiger partial charge in [0, 0.05) is 43.5 Å². The predicted octanol–water partition coefficient (Wildman–Crippen LogP) is 5.35. The van der Waals surface area contributed by atoms with E-state index in [2.05, 4.69) is 14.9 Å². The number of halogens is 1. The van der Waals surface area contributed by atoms with Gasteiger partial charge in [-0.25, -0.2) is 13.8 Å². The lowest BCUT2D eigenvalue weighted by Crippen LogP contribution is -2.39. The van der Waals surface area contributed by atoms with E-state index in [-0.39, 0.29) is 17.0 Å². The third kappa shape index (κ3) is 6.73. The smallest absolute Gasteiger partial charge is 0.338 e. The molecule has 0 amide bonds. The van der Waals surface area contributed by atoms with Crippen molar-refractivity contribution in [2.24, 2.45) is 12.0 Å². The number of ether oxygens (including phenoxy) is 3. The summed E-state index contributed by atoms with van der Waals surface area (Å²) in [6.45, 7) is 3.81. The molecule has 1 N–H and O–H groups in total. The molecule has 0 atom stereocenters. The van der Waals surface area contributed by atoms with Crippen molar-refractivity contribution in [3.63, 3.8) is 0 Å². The van der Waals surface area contributed by atoms with Crippen molar-refractivity contribution in [3.05, 3.63) is 105 Å². The van der Waals surface area contributed by atoms with Gasteiger partial charge >= 0.3 is 5.69 Å². The number of methoxy groups -OCH3 is 1. The van der Waals surface area contributed by atoms with Crippen molar-refractivity contribution < 1.29 is 23.7 Å². The quantitative estimate of drug-likeness (QED) is 0.152. The van der Waals surface area contributed by atoms with Gasteiger partial charge in [0.1, 0.15) is 11.3 Å². The summed E-state index contributed by atoms with van der Waals surface area (Å²) in [7, 11) is 2.89. The molecule has 6 rings (SSSR count). The van der Waals surface area contributed by atoms with Gasteiger partial charge in [0.15, 0.2) is 23.1 Å². The summed E-state index contributed by atoms with van der Waals surface area (Å²) in [6, 6.07) is 17.5. The summed E-state index contributed by atoms with van der Waals surface area (Å²) in [5, 5.41) is 11.2. The van der Waals surface area contributed by atoms with Crippen molar-refractivity contribution >= 4 is 22.8 Å². The zero-order valence-corrected chi connectivity index (χ0v) is 26.1. The Kier molecular flexibility index (Phi) is 9.30. The van der Waals surface area contributed by atoms with Crippen LogP contribution in [-0.4, -0.2) is 63.7 Å². The molecule has 12 heteroatoms. The number of nitrogens with zero attached hydrogens (tertiary/aromatic N) is 5. The van der Waals surface area contributed by atoms with Crippen LogP contribution in [0.2, 0.25) is 0 Å². The molecule has 0 bridgehead atoms. The zero-order valence-electron chi connectivity index (χ0n) is 26.1. The second-order valence-corrected chi connectivity index (χ2v) is 11.1. The van der Waals surface area contributed by atoms with Crippen LogP contribution >= 0.6 is 0 Å². The largest absolute Gasteiger partial charge is 0.494 e. The average Bonchev–Trinajstić information content (AvgIpc) is 3.61. The third-order valence-electron chi connectivity index (χ3n) is 8.02. The van der Waals surface area contributed by atoms with Crippen LogP contribution in [0.5, 0.6) is 28.9 Å². The first-order valence-corrected chi connectivity index (χ1v) is 15.3. The second-order valence-electron chi connectivity index (χ2n) is 11.1. The zero-order chi connectivity index (χ0) is 32.9. The summed E-state index contributed by atoms with van der Waals surface area (Å²) < 4.78 is 34.7. The lowest BCUT2D eigenvalue weighted by molar-refractivity contribution is 0.254. The Balaban J connectivity index is 1.21. The molecule has 47 heavy (non-hydrogen) atoms. The van der Waals surface area contributed by atoms with Gasteiger partial charge in [0.05, 0.1) is 30.6 Å². The van der Waals surface area contributed by atoms with E-state index in [1.807, 2.05) is 0 Å². The average molecular weight is 640 g/mol. The number of likely N-dealkylation sites (tertiary alicyclic amines) is 1. The molecule has 0 unspecified atom stereocenters. The van der Waals surface area contributed by atoms with E-state index >= 15 is 4.39 Å². The number of rotatable bonds is 11. The van der Waals surface area contributed by atoms with E-state index < -0.39 is 22.9 Å². The SMILES string of the molecule is COc1cc2c(Oc3ccc(N=Cc4c(O)n(C)c(=O)n(-c5ccccc5)c4=O)cc3F)ccnc2cc1OCCCN1CCCC1. The van der Waals surface area contributed by atoms with E-state index in [4.69, 9.17) is 14.2 Å². The molecule has 0 radical (unpaired) electrons. The molecule has 11 nitrogen and oxygen atoms in total. The number of aromatic nitrogens is 3. The number of aliphatic imine (C=N–C) groups is 1. The summed E-state index contributed by atoms with van der Waals surface area (Å²) in [5.41, 5.74) is -0.640. The number of para-hydroxylation sites is 1. The van der Waals surface area contributed by atoms with Gasteiger partial charge in [0.2, 0.25) is 5.88 Å². The highest BCUT2D eigenvalue weighted by molar-refractivity contribution is 5.88. The highest BCUT2D eigenvalue weighted by Gasteiger charge is 2.18. The van der Waals surface area contributed by atoms with Crippen molar-refractivity contribution in [1.29, 1.82) is 0 Å². The van der Waals surface area contributed by atoms with Crippen LogP contribution in [0.4, 0.5) is 10.1 Å². The first kappa shape index (κ1) is 31.5. The molecule has 1 fully saturated rings. The van der Waals surface area contributed by atoms with Crippen molar-refractivity contribution in [1.82, 2.24) is 19.0 Å². The fraction of sp³-hybridized carbons (Fsp3) is 0.257. The van der Waals surface area contributed by atoms with Crippen molar-refractivity contribution in [2.45, 2.75) is 19.3 Å². The lowest BCUT2D eigenvalue weighted by Gasteiger charge is -2.16. The van der Waals surface area contributed by atoms with E-state index in [0.717, 1.165) is 47.5 Å². The molecule has 5 aromatic rings. The van der Waals surface area contributed by atoms with Crippen LogP contribution < -0.4 is 25.5 Å². The monoisotopic (exact) mass is 639 g/mol. The fourth-order valence-corrected chi connectivity index (χ4v) is 5.52. The van der Waals surface area contributed by atoms with Crippen molar-refractivity contribution in [3.8, 4) is 34.6 Å². The Labute approximate surface area is 269 Å². The summed E-state index contributed by atoms with van der Waals surface area (Å²) in [4.78, 5) is 37.0. The highest BCUT2D eigenvalue weighted by Crippen LogP contribution is 2.38. The standard InChI is InChI=1S/C35H34FN5O6/c1-39-33(42)26(34(43)41(35(39)44)24-9-4-3-5-10-24)22-38-23-11-12-30(27(36)19-23)47-29-13-14-37-28-21-32(31(45-2)20-25(28)29)46-18-8-17-40-15-6-7-16-40/h3-5,9-14,19-22,42H,6-8,15-18H2,1-2H3. The molecule has 1 aliphatic heterocycles. The molecule has 242 valence electrons. The molecule has 1 aliphatic rings. The van der Waals surface area contributed by atoms with E-state index in [1.54, 1.807) is 61.8 Å². The molecule has 0 saturated carbocycles. The maximum absolute atomic E-state index is 15.3. The number of fused-ring (bicyclic) bond motifs is 1. The van der Waals surface area contributed by atoms with Crippen LogP contribution in [0.25, 0.3) is 16.6 Å². The summed E-state index contributed by atoms with van der Waals surface area (Å²) >= 11 is 0. The van der Waals surface area contributed by atoms with E-state index in [1.165, 1.54) is 32.0 Å². The molecule has 3 aromatic carbocycles. The van der Waals surface area contributed by atoms with Crippen LogP contribution in [0, 0.1) is 5.82 Å². The summed E-state index contributed by atoms with van der Waals surface area (Å²) in [5.74, 6) is 0.108. The van der Waals surface area contributed by atoms with Gasteiger partial charge in [-0.3, -0.25) is 19.3 Å². The van der Waals surface area contributed by atoms with Crippen LogP contribution in [0.1, 0.15) is 24.8 Å². The van der Waals surface area contributed by atoms with Crippen LogP contribution in [0.15, 0.2) is 87.5 Å². The fourth-order valence-electron chi connectivity index (χ4n) is 5.52. The Morgan fingerprint density at radius 2 is 1.77 bits per heavy atom. The molecular weight excluding hydrogens is 605 g/mol. The molecule has 0 spiro atoms. The Bertz CT molecular complexity index is 2050.